The number of benzene rings is 2. The number of rotatable bonds is 5. The van der Waals surface area contributed by atoms with Crippen LogP contribution in [-0.2, 0) is 11.2 Å². The van der Waals surface area contributed by atoms with Crippen LogP contribution in [0.2, 0.25) is 0 Å². The lowest BCUT2D eigenvalue weighted by molar-refractivity contribution is -0.116. The molecule has 3 heteroatoms. The van der Waals surface area contributed by atoms with Crippen molar-refractivity contribution in [2.75, 3.05) is 5.75 Å². The Morgan fingerprint density at radius 2 is 1.67 bits per heavy atom. The zero-order valence-electron chi connectivity index (χ0n) is 9.80. The van der Waals surface area contributed by atoms with Gasteiger partial charge in [-0.1, -0.05) is 46.3 Å². The summed E-state index contributed by atoms with van der Waals surface area (Å²) in [5.74, 6) is 0.783. The second kappa shape index (κ2) is 6.76. The van der Waals surface area contributed by atoms with E-state index in [1.807, 2.05) is 54.6 Å². The van der Waals surface area contributed by atoms with E-state index in [4.69, 9.17) is 0 Å². The SMILES string of the molecule is O=C(CSc1ccc(Br)cc1)Cc1ccccc1. The highest BCUT2D eigenvalue weighted by atomic mass is 79.9. The molecule has 0 atom stereocenters. The third-order valence-electron chi connectivity index (χ3n) is 2.46. The Bertz CT molecular complexity index is 508. The van der Waals surface area contributed by atoms with E-state index < -0.39 is 0 Å². The van der Waals surface area contributed by atoms with Crippen LogP contribution in [0.4, 0.5) is 0 Å². The minimum Gasteiger partial charge on any atom is -0.298 e. The first-order valence-corrected chi connectivity index (χ1v) is 7.46. The van der Waals surface area contributed by atoms with Gasteiger partial charge in [-0.3, -0.25) is 4.79 Å². The Morgan fingerprint density at radius 3 is 2.33 bits per heavy atom. The van der Waals surface area contributed by atoms with Crippen molar-refractivity contribution >= 4 is 33.5 Å². The van der Waals surface area contributed by atoms with Gasteiger partial charge in [0.05, 0.1) is 5.75 Å². The number of thioether (sulfide) groups is 1. The largest absolute Gasteiger partial charge is 0.298 e. The van der Waals surface area contributed by atoms with Gasteiger partial charge < -0.3 is 0 Å². The summed E-state index contributed by atoms with van der Waals surface area (Å²) in [7, 11) is 0. The summed E-state index contributed by atoms with van der Waals surface area (Å²) in [5.41, 5.74) is 1.08. The van der Waals surface area contributed by atoms with E-state index in [1.165, 1.54) is 0 Å². The first kappa shape index (κ1) is 13.4. The average Bonchev–Trinajstić information content (AvgIpc) is 2.39. The van der Waals surface area contributed by atoms with Crippen molar-refractivity contribution in [3.63, 3.8) is 0 Å². The Kier molecular flexibility index (Phi) is 5.02. The van der Waals surface area contributed by atoms with E-state index in [0.717, 1.165) is 14.9 Å². The van der Waals surface area contributed by atoms with Gasteiger partial charge in [0.2, 0.25) is 0 Å². The summed E-state index contributed by atoms with van der Waals surface area (Å²) in [6.07, 6.45) is 0.518. The van der Waals surface area contributed by atoms with Gasteiger partial charge in [0.15, 0.2) is 0 Å². The van der Waals surface area contributed by atoms with Gasteiger partial charge in [0, 0.05) is 15.8 Å². The van der Waals surface area contributed by atoms with Gasteiger partial charge in [-0.05, 0) is 29.8 Å². The molecular formula is C15H13BrOS. The summed E-state index contributed by atoms with van der Waals surface area (Å²) in [5, 5.41) is 0. The summed E-state index contributed by atoms with van der Waals surface area (Å²) in [6.45, 7) is 0. The molecule has 0 bridgehead atoms. The monoisotopic (exact) mass is 320 g/mol. The fraction of sp³-hybridized carbons (Fsp3) is 0.133. The van der Waals surface area contributed by atoms with Gasteiger partial charge in [-0.25, -0.2) is 0 Å². The van der Waals surface area contributed by atoms with Gasteiger partial charge in [0.25, 0.3) is 0 Å². The van der Waals surface area contributed by atoms with Crippen LogP contribution in [0.15, 0.2) is 64.0 Å². The van der Waals surface area contributed by atoms with Crippen LogP contribution in [0.5, 0.6) is 0 Å². The number of carbonyl (C=O) groups excluding carboxylic acids is 1. The van der Waals surface area contributed by atoms with Crippen LogP contribution >= 0.6 is 27.7 Å². The fourth-order valence-corrected chi connectivity index (χ4v) is 2.59. The van der Waals surface area contributed by atoms with Gasteiger partial charge in [-0.15, -0.1) is 11.8 Å². The highest BCUT2D eigenvalue weighted by Crippen LogP contribution is 2.20. The predicted molar refractivity (Wildman–Crippen MR) is 80.0 cm³/mol. The number of ketones is 1. The first-order chi connectivity index (χ1) is 8.74. The minimum absolute atomic E-state index is 0.258. The molecule has 0 saturated carbocycles. The van der Waals surface area contributed by atoms with Gasteiger partial charge >= 0.3 is 0 Å². The smallest absolute Gasteiger partial charge is 0.147 e. The third kappa shape index (κ3) is 4.31. The van der Waals surface area contributed by atoms with Crippen molar-refractivity contribution in [3.8, 4) is 0 Å². The van der Waals surface area contributed by atoms with Crippen LogP contribution in [0.1, 0.15) is 5.56 Å². The molecule has 0 amide bonds. The van der Waals surface area contributed by atoms with Crippen LogP contribution in [0, 0.1) is 0 Å². The van der Waals surface area contributed by atoms with E-state index in [1.54, 1.807) is 11.8 Å². The maximum Gasteiger partial charge on any atom is 0.147 e. The molecule has 0 aliphatic heterocycles. The molecule has 0 aliphatic carbocycles. The summed E-state index contributed by atoms with van der Waals surface area (Å²) >= 11 is 4.98. The van der Waals surface area contributed by atoms with E-state index in [-0.39, 0.29) is 5.78 Å². The highest BCUT2D eigenvalue weighted by molar-refractivity contribution is 9.10. The van der Waals surface area contributed by atoms with Crippen molar-refractivity contribution < 1.29 is 4.79 Å². The second-order valence-corrected chi connectivity index (χ2v) is 5.91. The van der Waals surface area contributed by atoms with Crippen LogP contribution < -0.4 is 0 Å². The van der Waals surface area contributed by atoms with Crippen LogP contribution in [0.3, 0.4) is 0 Å². The molecule has 2 rings (SSSR count). The molecule has 0 aromatic heterocycles. The lowest BCUT2D eigenvalue weighted by Crippen LogP contribution is -2.05. The summed E-state index contributed by atoms with van der Waals surface area (Å²) < 4.78 is 1.06. The quantitative estimate of drug-likeness (QED) is 0.762. The molecule has 0 aliphatic rings. The zero-order valence-corrected chi connectivity index (χ0v) is 12.2. The molecule has 0 heterocycles. The van der Waals surface area contributed by atoms with Crippen LogP contribution in [-0.4, -0.2) is 11.5 Å². The normalized spacial score (nSPS) is 10.3. The molecule has 18 heavy (non-hydrogen) atoms. The van der Waals surface area contributed by atoms with E-state index in [2.05, 4.69) is 15.9 Å². The third-order valence-corrected chi connectivity index (χ3v) is 4.06. The van der Waals surface area contributed by atoms with Crippen molar-refractivity contribution in [3.05, 3.63) is 64.6 Å². The fourth-order valence-electron chi connectivity index (χ4n) is 1.57. The molecule has 0 radical (unpaired) electrons. The second-order valence-electron chi connectivity index (χ2n) is 3.94. The van der Waals surface area contributed by atoms with E-state index in [0.29, 0.717) is 12.2 Å². The Morgan fingerprint density at radius 1 is 1.00 bits per heavy atom. The molecule has 2 aromatic carbocycles. The maximum atomic E-state index is 11.8. The van der Waals surface area contributed by atoms with Crippen molar-refractivity contribution in [2.45, 2.75) is 11.3 Å². The highest BCUT2D eigenvalue weighted by Gasteiger charge is 2.04. The number of halogens is 1. The lowest BCUT2D eigenvalue weighted by Gasteiger charge is -2.02. The Labute approximate surface area is 120 Å². The van der Waals surface area contributed by atoms with Crippen molar-refractivity contribution in [1.82, 2.24) is 0 Å². The first-order valence-electron chi connectivity index (χ1n) is 5.68. The molecule has 0 saturated heterocycles. The minimum atomic E-state index is 0.258. The maximum absolute atomic E-state index is 11.8. The van der Waals surface area contributed by atoms with Crippen molar-refractivity contribution in [1.29, 1.82) is 0 Å². The topological polar surface area (TPSA) is 17.1 Å². The standard InChI is InChI=1S/C15H13BrOS/c16-13-6-8-15(9-7-13)18-11-14(17)10-12-4-2-1-3-5-12/h1-9H,10-11H2. The molecule has 2 aromatic rings. The van der Waals surface area contributed by atoms with Gasteiger partial charge in [-0.2, -0.15) is 0 Å². The number of hydrogen-bond donors (Lipinski definition) is 0. The molecular weight excluding hydrogens is 308 g/mol. The summed E-state index contributed by atoms with van der Waals surface area (Å²) in [4.78, 5) is 12.9. The van der Waals surface area contributed by atoms with E-state index >= 15 is 0 Å². The van der Waals surface area contributed by atoms with Crippen LogP contribution in [0.25, 0.3) is 0 Å². The molecule has 0 N–H and O–H groups in total. The molecule has 0 unspecified atom stereocenters. The molecule has 0 spiro atoms. The Hall–Kier alpha value is -1.06. The van der Waals surface area contributed by atoms with Gasteiger partial charge in [0.1, 0.15) is 5.78 Å². The lowest BCUT2D eigenvalue weighted by atomic mass is 10.1. The molecule has 92 valence electrons. The van der Waals surface area contributed by atoms with E-state index in [9.17, 15) is 4.79 Å². The number of carbonyl (C=O) groups is 1. The zero-order chi connectivity index (χ0) is 12.8. The average molecular weight is 321 g/mol. The molecule has 0 fully saturated rings. The predicted octanol–water partition coefficient (Wildman–Crippen LogP) is 4.35. The summed E-state index contributed by atoms with van der Waals surface area (Å²) in [6, 6.07) is 17.9. The van der Waals surface area contributed by atoms with Crippen molar-refractivity contribution in [2.24, 2.45) is 0 Å². The number of Topliss-reactive ketones (excluding diaryl/α,β-unsaturated/α-hetero) is 1. The molecule has 1 nitrogen and oxygen atoms in total. The number of hydrogen-bond acceptors (Lipinski definition) is 2. The Balaban J connectivity index is 1.83.